The molecule has 0 unspecified atom stereocenters. The number of nitrogens with zero attached hydrogens (tertiary/aromatic N) is 5. The maximum Gasteiger partial charge on any atom is 0.258 e. The molecule has 4 rings (SSSR count). The lowest BCUT2D eigenvalue weighted by atomic mass is 10.2. The van der Waals surface area contributed by atoms with E-state index in [-0.39, 0.29) is 5.91 Å². The van der Waals surface area contributed by atoms with Crippen molar-refractivity contribution in [3.05, 3.63) is 78.5 Å². The molecule has 0 aliphatic rings. The van der Waals surface area contributed by atoms with Crippen LogP contribution in [0.1, 0.15) is 23.0 Å². The van der Waals surface area contributed by atoms with Gasteiger partial charge in [0.25, 0.3) is 5.91 Å². The Balaban J connectivity index is 1.48. The van der Waals surface area contributed by atoms with Crippen LogP contribution in [-0.2, 0) is 0 Å². The van der Waals surface area contributed by atoms with Gasteiger partial charge in [0.1, 0.15) is 5.82 Å². The topological polar surface area (TPSA) is 94.8 Å². The van der Waals surface area contributed by atoms with Gasteiger partial charge in [-0.05, 0) is 50.2 Å². The molecule has 30 heavy (non-hydrogen) atoms. The zero-order valence-corrected chi connectivity index (χ0v) is 16.6. The molecule has 4 aromatic heterocycles. The molecule has 0 aromatic carbocycles. The summed E-state index contributed by atoms with van der Waals surface area (Å²) in [5.41, 5.74) is 3.96. The van der Waals surface area contributed by atoms with Crippen LogP contribution < -0.4 is 10.1 Å². The first kappa shape index (κ1) is 19.3. The third kappa shape index (κ3) is 4.17. The molecular weight excluding hydrogens is 380 g/mol. The fraction of sp³-hybridized carbons (Fsp3) is 0.136. The Morgan fingerprint density at radius 3 is 2.67 bits per heavy atom. The highest BCUT2D eigenvalue weighted by Gasteiger charge is 2.11. The average Bonchev–Trinajstić information content (AvgIpc) is 3.17. The van der Waals surface area contributed by atoms with Gasteiger partial charge in [0.2, 0.25) is 5.88 Å². The second-order valence-corrected chi connectivity index (χ2v) is 6.50. The minimum Gasteiger partial charge on any atom is -0.478 e. The standard InChI is InChI=1S/C22H20N6O2/c1-3-30-21-9-6-17(13-25-21)22(29)26-20-8-7-18(14-24-20)28-15(2)11-19(27-28)16-5-4-10-23-12-16/h4-14H,3H2,1-2H3,(H,24,26,29). The van der Waals surface area contributed by atoms with Crippen LogP contribution in [0.25, 0.3) is 16.9 Å². The molecular formula is C22H20N6O2. The highest BCUT2D eigenvalue weighted by molar-refractivity contribution is 6.03. The summed E-state index contributed by atoms with van der Waals surface area (Å²) in [5.74, 6) is 0.631. The lowest BCUT2D eigenvalue weighted by Crippen LogP contribution is -2.13. The second-order valence-electron chi connectivity index (χ2n) is 6.50. The molecule has 0 aliphatic heterocycles. The summed E-state index contributed by atoms with van der Waals surface area (Å²) < 4.78 is 7.09. The van der Waals surface area contributed by atoms with Gasteiger partial charge in [-0.25, -0.2) is 14.6 Å². The molecule has 0 fully saturated rings. The summed E-state index contributed by atoms with van der Waals surface area (Å²) in [6, 6.07) is 12.7. The number of hydrogen-bond acceptors (Lipinski definition) is 6. The van der Waals surface area contributed by atoms with Crippen molar-refractivity contribution in [1.82, 2.24) is 24.7 Å². The first-order valence-corrected chi connectivity index (χ1v) is 9.47. The zero-order chi connectivity index (χ0) is 20.9. The van der Waals surface area contributed by atoms with Gasteiger partial charge >= 0.3 is 0 Å². The molecule has 0 saturated carbocycles. The number of rotatable bonds is 6. The third-order valence-electron chi connectivity index (χ3n) is 4.37. The largest absolute Gasteiger partial charge is 0.478 e. The first-order chi connectivity index (χ1) is 14.6. The Kier molecular flexibility index (Phi) is 5.47. The normalized spacial score (nSPS) is 10.6. The smallest absolute Gasteiger partial charge is 0.258 e. The zero-order valence-electron chi connectivity index (χ0n) is 16.6. The molecule has 1 N–H and O–H groups in total. The van der Waals surface area contributed by atoms with E-state index in [0.717, 1.165) is 22.6 Å². The van der Waals surface area contributed by atoms with Gasteiger partial charge in [-0.1, -0.05) is 0 Å². The Hall–Kier alpha value is -4.07. The second kappa shape index (κ2) is 8.52. The van der Waals surface area contributed by atoms with E-state index in [1.807, 2.05) is 38.1 Å². The van der Waals surface area contributed by atoms with E-state index in [1.54, 1.807) is 41.5 Å². The average molecular weight is 400 g/mol. The van der Waals surface area contributed by atoms with Crippen molar-refractivity contribution in [2.75, 3.05) is 11.9 Å². The van der Waals surface area contributed by atoms with Crippen molar-refractivity contribution in [2.24, 2.45) is 0 Å². The van der Waals surface area contributed by atoms with E-state index in [0.29, 0.717) is 23.9 Å². The van der Waals surface area contributed by atoms with Gasteiger partial charge in [0.05, 0.1) is 29.7 Å². The van der Waals surface area contributed by atoms with Crippen molar-refractivity contribution < 1.29 is 9.53 Å². The quantitative estimate of drug-likeness (QED) is 0.530. The number of anilines is 1. The van der Waals surface area contributed by atoms with Crippen molar-refractivity contribution >= 4 is 11.7 Å². The highest BCUT2D eigenvalue weighted by Crippen LogP contribution is 2.20. The Morgan fingerprint density at radius 1 is 1.10 bits per heavy atom. The Labute approximate surface area is 173 Å². The number of nitrogens with one attached hydrogen (secondary N) is 1. The molecule has 0 saturated heterocycles. The van der Waals surface area contributed by atoms with Crippen molar-refractivity contribution in [2.45, 2.75) is 13.8 Å². The number of pyridine rings is 3. The number of hydrogen-bond donors (Lipinski definition) is 1. The predicted octanol–water partition coefficient (Wildman–Crippen LogP) is 3.68. The van der Waals surface area contributed by atoms with E-state index < -0.39 is 0 Å². The number of ether oxygens (including phenoxy) is 1. The van der Waals surface area contributed by atoms with Gasteiger partial charge in [-0.3, -0.25) is 9.78 Å². The van der Waals surface area contributed by atoms with E-state index in [9.17, 15) is 4.79 Å². The molecule has 8 heteroatoms. The Morgan fingerprint density at radius 2 is 2.00 bits per heavy atom. The molecule has 0 atom stereocenters. The van der Waals surface area contributed by atoms with Crippen molar-refractivity contribution in [1.29, 1.82) is 0 Å². The summed E-state index contributed by atoms with van der Waals surface area (Å²) in [6.45, 7) is 4.37. The molecule has 0 bridgehead atoms. The van der Waals surface area contributed by atoms with Crippen LogP contribution in [0.5, 0.6) is 5.88 Å². The number of carbonyl (C=O) groups is 1. The number of aryl methyl sites for hydroxylation is 1. The van der Waals surface area contributed by atoms with Crippen LogP contribution in [0.3, 0.4) is 0 Å². The molecule has 1 amide bonds. The summed E-state index contributed by atoms with van der Waals surface area (Å²) in [5, 5.41) is 7.41. The lowest BCUT2D eigenvalue weighted by Gasteiger charge is -2.07. The fourth-order valence-electron chi connectivity index (χ4n) is 2.91. The predicted molar refractivity (Wildman–Crippen MR) is 113 cm³/mol. The summed E-state index contributed by atoms with van der Waals surface area (Å²) in [7, 11) is 0. The van der Waals surface area contributed by atoms with Crippen LogP contribution in [0.15, 0.2) is 67.3 Å². The molecule has 0 radical (unpaired) electrons. The van der Waals surface area contributed by atoms with Gasteiger partial charge in [0.15, 0.2) is 0 Å². The van der Waals surface area contributed by atoms with Gasteiger partial charge in [-0.2, -0.15) is 5.10 Å². The third-order valence-corrected chi connectivity index (χ3v) is 4.37. The van der Waals surface area contributed by atoms with Gasteiger partial charge in [-0.15, -0.1) is 0 Å². The molecule has 8 nitrogen and oxygen atoms in total. The molecule has 0 spiro atoms. The maximum atomic E-state index is 12.4. The number of aromatic nitrogens is 5. The highest BCUT2D eigenvalue weighted by atomic mass is 16.5. The molecule has 4 heterocycles. The van der Waals surface area contributed by atoms with E-state index in [4.69, 9.17) is 4.74 Å². The molecule has 0 aliphatic carbocycles. The monoisotopic (exact) mass is 400 g/mol. The minimum absolute atomic E-state index is 0.292. The summed E-state index contributed by atoms with van der Waals surface area (Å²) in [4.78, 5) is 25.0. The maximum absolute atomic E-state index is 12.4. The first-order valence-electron chi connectivity index (χ1n) is 9.47. The van der Waals surface area contributed by atoms with E-state index in [2.05, 4.69) is 25.4 Å². The summed E-state index contributed by atoms with van der Waals surface area (Å²) in [6.07, 6.45) is 6.65. The van der Waals surface area contributed by atoms with E-state index in [1.165, 1.54) is 6.20 Å². The SMILES string of the molecule is CCOc1ccc(C(=O)Nc2ccc(-n3nc(-c4cccnc4)cc3C)cn2)cn1. The molecule has 150 valence electrons. The van der Waals surface area contributed by atoms with Crippen LogP contribution in [-0.4, -0.2) is 37.2 Å². The van der Waals surface area contributed by atoms with Crippen LogP contribution in [0, 0.1) is 6.92 Å². The van der Waals surface area contributed by atoms with Crippen LogP contribution in [0.4, 0.5) is 5.82 Å². The van der Waals surface area contributed by atoms with Gasteiger partial charge in [0, 0.05) is 35.9 Å². The Bertz CT molecular complexity index is 1140. The van der Waals surface area contributed by atoms with Crippen molar-refractivity contribution in [3.63, 3.8) is 0 Å². The summed E-state index contributed by atoms with van der Waals surface area (Å²) >= 11 is 0. The number of amides is 1. The van der Waals surface area contributed by atoms with Crippen LogP contribution in [0.2, 0.25) is 0 Å². The lowest BCUT2D eigenvalue weighted by molar-refractivity contribution is 0.102. The van der Waals surface area contributed by atoms with E-state index >= 15 is 0 Å². The van der Waals surface area contributed by atoms with Crippen molar-refractivity contribution in [3.8, 4) is 22.8 Å². The van der Waals surface area contributed by atoms with Gasteiger partial charge < -0.3 is 10.1 Å². The minimum atomic E-state index is -0.292. The van der Waals surface area contributed by atoms with Crippen LogP contribution >= 0.6 is 0 Å². The fourth-order valence-corrected chi connectivity index (χ4v) is 2.91. The molecule has 4 aromatic rings. The number of carbonyl (C=O) groups excluding carboxylic acids is 1.